The fourth-order valence-electron chi connectivity index (χ4n) is 2.42. The minimum atomic E-state index is -3.04. The molecule has 1 aromatic rings. The Hall–Kier alpha value is -2.44. The number of benzene rings is 1. The maximum absolute atomic E-state index is 14.0. The van der Waals surface area contributed by atoms with Gasteiger partial charge in [-0.3, -0.25) is 4.79 Å². The van der Waals surface area contributed by atoms with Gasteiger partial charge in [0.2, 0.25) is 5.91 Å². The third-order valence-electron chi connectivity index (χ3n) is 3.57. The van der Waals surface area contributed by atoms with Crippen molar-refractivity contribution in [3.05, 3.63) is 42.5 Å². The first-order valence-corrected chi connectivity index (χ1v) is 7.23. The summed E-state index contributed by atoms with van der Waals surface area (Å²) in [6.45, 7) is 5.32. The van der Waals surface area contributed by atoms with Crippen molar-refractivity contribution < 1.29 is 23.1 Å². The van der Waals surface area contributed by atoms with Crippen LogP contribution in [0.1, 0.15) is 23.7 Å². The zero-order valence-electron chi connectivity index (χ0n) is 12.7. The third-order valence-corrected chi connectivity index (χ3v) is 3.57. The number of amides is 1. The summed E-state index contributed by atoms with van der Waals surface area (Å²) in [5, 5.41) is 2.25. The van der Waals surface area contributed by atoms with Gasteiger partial charge >= 0.3 is 5.97 Å². The lowest BCUT2D eigenvalue weighted by molar-refractivity contribution is -0.120. The van der Waals surface area contributed by atoms with Crippen LogP contribution < -0.4 is 10.2 Å². The lowest BCUT2D eigenvalue weighted by atomic mass is 10.2. The number of ether oxygens (including phenoxy) is 1. The molecule has 1 aliphatic rings. The summed E-state index contributed by atoms with van der Waals surface area (Å²) in [6, 6.07) is 6.13. The Morgan fingerprint density at radius 2 is 2.09 bits per heavy atom. The second-order valence-electron chi connectivity index (χ2n) is 5.09. The van der Waals surface area contributed by atoms with Crippen LogP contribution >= 0.6 is 0 Å². The van der Waals surface area contributed by atoms with Crippen molar-refractivity contribution in [2.45, 2.75) is 25.4 Å². The number of anilines is 1. The average molecular weight is 324 g/mol. The van der Waals surface area contributed by atoms with Crippen LogP contribution in [0.2, 0.25) is 0 Å². The second-order valence-corrected chi connectivity index (χ2v) is 5.09. The summed E-state index contributed by atoms with van der Waals surface area (Å²) >= 11 is 0. The number of alkyl halides is 2. The van der Waals surface area contributed by atoms with Crippen LogP contribution in [0.15, 0.2) is 36.9 Å². The van der Waals surface area contributed by atoms with Gasteiger partial charge in [-0.05, 0) is 37.3 Å². The quantitative estimate of drug-likeness (QED) is 0.667. The highest BCUT2D eigenvalue weighted by atomic mass is 19.3. The SMILES string of the molecule is C=CC(=O)NC1N(c2ccc(C(=O)OCC)cc2)CCC1(F)F. The van der Waals surface area contributed by atoms with Gasteiger partial charge in [-0.25, -0.2) is 13.6 Å². The third kappa shape index (κ3) is 3.67. The van der Waals surface area contributed by atoms with Gasteiger partial charge in [0.05, 0.1) is 12.2 Å². The second kappa shape index (κ2) is 6.76. The number of esters is 1. The molecule has 0 saturated carbocycles. The summed E-state index contributed by atoms with van der Waals surface area (Å²) < 4.78 is 32.8. The number of nitrogens with one attached hydrogen (secondary N) is 1. The van der Waals surface area contributed by atoms with E-state index in [0.29, 0.717) is 11.3 Å². The molecule has 1 aromatic carbocycles. The Balaban J connectivity index is 2.20. The number of hydrogen-bond donors (Lipinski definition) is 1. The van der Waals surface area contributed by atoms with Crippen LogP contribution in [0.5, 0.6) is 0 Å². The number of carbonyl (C=O) groups excluding carboxylic acids is 2. The molecule has 2 rings (SSSR count). The van der Waals surface area contributed by atoms with E-state index in [0.717, 1.165) is 6.08 Å². The predicted molar refractivity (Wildman–Crippen MR) is 81.4 cm³/mol. The van der Waals surface area contributed by atoms with Crippen molar-refractivity contribution in [1.29, 1.82) is 0 Å². The van der Waals surface area contributed by atoms with E-state index in [1.54, 1.807) is 19.1 Å². The molecule has 5 nitrogen and oxygen atoms in total. The molecule has 0 aliphatic carbocycles. The number of nitrogens with zero attached hydrogens (tertiary/aromatic N) is 1. The molecule has 1 fully saturated rings. The number of carbonyl (C=O) groups is 2. The number of rotatable bonds is 5. The van der Waals surface area contributed by atoms with Gasteiger partial charge in [0, 0.05) is 18.7 Å². The Morgan fingerprint density at radius 3 is 2.65 bits per heavy atom. The first-order valence-electron chi connectivity index (χ1n) is 7.23. The van der Waals surface area contributed by atoms with Crippen molar-refractivity contribution in [3.63, 3.8) is 0 Å². The molecule has 1 aliphatic heterocycles. The van der Waals surface area contributed by atoms with Crippen LogP contribution in [0.3, 0.4) is 0 Å². The van der Waals surface area contributed by atoms with E-state index in [9.17, 15) is 18.4 Å². The van der Waals surface area contributed by atoms with Crippen LogP contribution in [-0.2, 0) is 9.53 Å². The molecule has 0 aromatic heterocycles. The van der Waals surface area contributed by atoms with E-state index in [1.807, 2.05) is 0 Å². The molecule has 0 spiro atoms. The molecule has 1 saturated heterocycles. The van der Waals surface area contributed by atoms with Crippen molar-refractivity contribution in [1.82, 2.24) is 5.32 Å². The first kappa shape index (κ1) is 16.9. The zero-order valence-corrected chi connectivity index (χ0v) is 12.7. The van der Waals surface area contributed by atoms with Gasteiger partial charge in [-0.1, -0.05) is 6.58 Å². The molecule has 0 bridgehead atoms. The van der Waals surface area contributed by atoms with Crippen molar-refractivity contribution in [3.8, 4) is 0 Å². The molecular formula is C16H18F2N2O3. The van der Waals surface area contributed by atoms with Gasteiger partial charge in [0.25, 0.3) is 5.92 Å². The van der Waals surface area contributed by atoms with Gasteiger partial charge in [-0.15, -0.1) is 0 Å². The van der Waals surface area contributed by atoms with Gasteiger partial charge < -0.3 is 15.0 Å². The van der Waals surface area contributed by atoms with Gasteiger partial charge in [0.15, 0.2) is 6.17 Å². The smallest absolute Gasteiger partial charge is 0.338 e. The standard InChI is InChI=1S/C16H18F2N2O3/c1-3-13(21)19-15-16(17,18)9-10-20(15)12-7-5-11(6-8-12)14(22)23-4-2/h3,5-8,15H,1,4,9-10H2,2H3,(H,19,21). The van der Waals surface area contributed by atoms with Crippen molar-refractivity contribution >= 4 is 17.6 Å². The first-order chi connectivity index (χ1) is 10.9. The summed E-state index contributed by atoms with van der Waals surface area (Å²) in [5.41, 5.74) is 0.831. The van der Waals surface area contributed by atoms with E-state index >= 15 is 0 Å². The Labute approximate surface area is 132 Å². The maximum atomic E-state index is 14.0. The molecule has 23 heavy (non-hydrogen) atoms. The minimum absolute atomic E-state index is 0.0911. The summed E-state index contributed by atoms with van der Waals surface area (Å²) in [6.07, 6.45) is -0.855. The van der Waals surface area contributed by atoms with Crippen LogP contribution in [0, 0.1) is 0 Å². The lowest BCUT2D eigenvalue weighted by Crippen LogP contribution is -2.52. The number of hydrogen-bond acceptors (Lipinski definition) is 4. The summed E-state index contributed by atoms with van der Waals surface area (Å²) in [7, 11) is 0. The summed E-state index contributed by atoms with van der Waals surface area (Å²) in [4.78, 5) is 24.4. The van der Waals surface area contributed by atoms with E-state index in [-0.39, 0.29) is 19.6 Å². The van der Waals surface area contributed by atoms with E-state index in [1.165, 1.54) is 17.0 Å². The molecule has 7 heteroatoms. The van der Waals surface area contributed by atoms with E-state index in [2.05, 4.69) is 11.9 Å². The molecule has 1 atom stereocenters. The van der Waals surface area contributed by atoms with Crippen LogP contribution in [0.25, 0.3) is 0 Å². The normalized spacial score (nSPS) is 19.3. The minimum Gasteiger partial charge on any atom is -0.462 e. The molecule has 1 amide bonds. The topological polar surface area (TPSA) is 58.6 Å². The highest BCUT2D eigenvalue weighted by molar-refractivity contribution is 5.90. The monoisotopic (exact) mass is 324 g/mol. The molecule has 0 radical (unpaired) electrons. The Kier molecular flexibility index (Phi) is 4.98. The largest absolute Gasteiger partial charge is 0.462 e. The Bertz CT molecular complexity index is 602. The highest BCUT2D eigenvalue weighted by Crippen LogP contribution is 2.35. The molecule has 1 heterocycles. The van der Waals surface area contributed by atoms with Crippen molar-refractivity contribution in [2.24, 2.45) is 0 Å². The fourth-order valence-corrected chi connectivity index (χ4v) is 2.42. The zero-order chi connectivity index (χ0) is 17.0. The lowest BCUT2D eigenvalue weighted by Gasteiger charge is -2.29. The molecule has 1 unspecified atom stereocenters. The average Bonchev–Trinajstić information content (AvgIpc) is 2.82. The molecule has 124 valence electrons. The Morgan fingerprint density at radius 1 is 1.43 bits per heavy atom. The maximum Gasteiger partial charge on any atom is 0.338 e. The van der Waals surface area contributed by atoms with E-state index < -0.39 is 24.0 Å². The van der Waals surface area contributed by atoms with Crippen LogP contribution in [-0.4, -0.2) is 37.1 Å². The summed E-state index contributed by atoms with van der Waals surface area (Å²) in [5.74, 6) is -4.18. The number of halogens is 2. The predicted octanol–water partition coefficient (Wildman–Crippen LogP) is 2.34. The van der Waals surface area contributed by atoms with Gasteiger partial charge in [0.1, 0.15) is 0 Å². The van der Waals surface area contributed by atoms with E-state index in [4.69, 9.17) is 4.74 Å². The van der Waals surface area contributed by atoms with Gasteiger partial charge in [-0.2, -0.15) is 0 Å². The van der Waals surface area contributed by atoms with Crippen molar-refractivity contribution in [2.75, 3.05) is 18.1 Å². The van der Waals surface area contributed by atoms with Crippen LogP contribution in [0.4, 0.5) is 14.5 Å². The molecule has 1 N–H and O–H groups in total. The molecular weight excluding hydrogens is 306 g/mol. The highest BCUT2D eigenvalue weighted by Gasteiger charge is 2.49. The fraction of sp³-hybridized carbons (Fsp3) is 0.375.